The summed E-state index contributed by atoms with van der Waals surface area (Å²) >= 11 is 0. The molecule has 2 nitrogen and oxygen atoms in total. The molecule has 1 aliphatic rings. The van der Waals surface area contributed by atoms with Crippen molar-refractivity contribution in [3.8, 4) is 29.4 Å². The third-order valence-corrected chi connectivity index (χ3v) is 6.81. The zero-order valence-corrected chi connectivity index (χ0v) is 24.8. The predicted molar refractivity (Wildman–Crippen MR) is 152 cm³/mol. The van der Waals surface area contributed by atoms with E-state index in [-0.39, 0.29) is 12.0 Å². The van der Waals surface area contributed by atoms with Crippen LogP contribution in [0.1, 0.15) is 60.4 Å². The highest BCUT2D eigenvalue weighted by Crippen LogP contribution is 2.37. The maximum atomic E-state index is 14.9. The Morgan fingerprint density at radius 3 is 1.96 bits per heavy atom. The lowest BCUT2D eigenvalue weighted by Crippen LogP contribution is -2.20. The molecular weight excluding hydrogens is 661 g/mol. The van der Waals surface area contributed by atoms with E-state index < -0.39 is 81.5 Å². The molecular formula is C35H23F11O2. The lowest BCUT2D eigenvalue weighted by Gasteiger charge is -2.22. The van der Waals surface area contributed by atoms with Crippen molar-refractivity contribution in [2.24, 2.45) is 5.92 Å². The van der Waals surface area contributed by atoms with Gasteiger partial charge in [0.1, 0.15) is 34.6 Å². The Morgan fingerprint density at radius 2 is 1.38 bits per heavy atom. The van der Waals surface area contributed by atoms with Gasteiger partial charge >= 0.3 is 12.5 Å². The maximum absolute atomic E-state index is 14.9. The summed E-state index contributed by atoms with van der Waals surface area (Å²) < 4.78 is 161. The summed E-state index contributed by atoms with van der Waals surface area (Å²) in [6.07, 6.45) is -5.48. The fourth-order valence-electron chi connectivity index (χ4n) is 4.49. The third kappa shape index (κ3) is 9.34. The van der Waals surface area contributed by atoms with Crippen LogP contribution < -0.4 is 4.74 Å². The summed E-state index contributed by atoms with van der Waals surface area (Å²) in [7, 11) is 0. The Kier molecular flexibility index (Phi) is 11.1. The van der Waals surface area contributed by atoms with Crippen LogP contribution in [0, 0.1) is 58.7 Å². The van der Waals surface area contributed by atoms with E-state index in [1.807, 2.05) is 6.92 Å². The second-order valence-electron chi connectivity index (χ2n) is 10.5. The van der Waals surface area contributed by atoms with Crippen LogP contribution in [0.2, 0.25) is 0 Å². The molecule has 3 aromatic rings. The number of halogens is 11. The van der Waals surface area contributed by atoms with E-state index in [1.165, 1.54) is 0 Å². The number of rotatable bonds is 8. The minimum atomic E-state index is -5.36. The average Bonchev–Trinajstić information content (AvgIpc) is 2.97. The van der Waals surface area contributed by atoms with Crippen LogP contribution in [0.15, 0.2) is 66.2 Å². The van der Waals surface area contributed by atoms with Gasteiger partial charge in [-0.25, -0.2) is 26.3 Å². The van der Waals surface area contributed by atoms with E-state index in [9.17, 15) is 48.3 Å². The fourth-order valence-corrected chi connectivity index (χ4v) is 4.49. The summed E-state index contributed by atoms with van der Waals surface area (Å²) in [6, 6.07) is 5.39. The van der Waals surface area contributed by atoms with E-state index in [0.29, 0.717) is 42.3 Å². The Bertz CT molecular complexity index is 1820. The van der Waals surface area contributed by atoms with Gasteiger partial charge in [0.05, 0.1) is 11.5 Å². The van der Waals surface area contributed by atoms with Crippen LogP contribution in [0.4, 0.5) is 48.3 Å². The zero-order valence-electron chi connectivity index (χ0n) is 24.8. The van der Waals surface area contributed by atoms with Gasteiger partial charge in [0.25, 0.3) is 0 Å². The molecule has 0 N–H and O–H groups in total. The van der Waals surface area contributed by atoms with Gasteiger partial charge in [-0.05, 0) is 73.4 Å². The Morgan fingerprint density at radius 1 is 0.729 bits per heavy atom. The first-order valence-corrected chi connectivity index (χ1v) is 14.3. The molecule has 0 bridgehead atoms. The van der Waals surface area contributed by atoms with Gasteiger partial charge in [-0.15, -0.1) is 13.2 Å². The van der Waals surface area contributed by atoms with E-state index in [1.54, 1.807) is 0 Å². The fraction of sp³-hybridized carbons (Fsp3) is 0.257. The van der Waals surface area contributed by atoms with Gasteiger partial charge in [0.15, 0.2) is 11.6 Å². The number of hydrogen-bond donors (Lipinski definition) is 0. The SMILES string of the molecule is CCCCCc1cc(F)c(C#Cc2ccc(C(F)(F)OC3=CCC(C#Cc4cc(F)c(OC(F)(F)F)c(F)c4)C(F)=C3)c(F)c2)c(F)c1. The predicted octanol–water partition coefficient (Wildman–Crippen LogP) is 10.3. The van der Waals surface area contributed by atoms with Gasteiger partial charge < -0.3 is 9.47 Å². The molecule has 252 valence electrons. The molecule has 0 aromatic heterocycles. The number of alkyl halides is 5. The maximum Gasteiger partial charge on any atom is 0.573 e. The van der Waals surface area contributed by atoms with Crippen molar-refractivity contribution in [2.75, 3.05) is 0 Å². The molecule has 0 fully saturated rings. The summed E-state index contributed by atoms with van der Waals surface area (Å²) in [4.78, 5) is 0. The second-order valence-corrected chi connectivity index (χ2v) is 10.5. The molecule has 0 spiro atoms. The number of aryl methyl sites for hydroxylation is 1. The monoisotopic (exact) mass is 684 g/mol. The average molecular weight is 685 g/mol. The first-order valence-electron chi connectivity index (χ1n) is 14.3. The van der Waals surface area contributed by atoms with Crippen LogP contribution >= 0.6 is 0 Å². The van der Waals surface area contributed by atoms with E-state index in [0.717, 1.165) is 43.5 Å². The van der Waals surface area contributed by atoms with Crippen LogP contribution in [0.3, 0.4) is 0 Å². The lowest BCUT2D eigenvalue weighted by molar-refractivity contribution is -0.276. The van der Waals surface area contributed by atoms with Crippen LogP contribution in [-0.2, 0) is 17.3 Å². The van der Waals surface area contributed by atoms with Crippen molar-refractivity contribution in [2.45, 2.75) is 51.5 Å². The summed E-state index contributed by atoms with van der Waals surface area (Å²) in [6.45, 7) is 1.99. The molecule has 1 aliphatic carbocycles. The van der Waals surface area contributed by atoms with Crippen LogP contribution in [-0.4, -0.2) is 6.36 Å². The summed E-state index contributed by atoms with van der Waals surface area (Å²) in [5.74, 6) is -2.50. The quantitative estimate of drug-likeness (QED) is 0.134. The number of allylic oxidation sites excluding steroid dienone is 3. The molecule has 4 rings (SSSR count). The second kappa shape index (κ2) is 14.9. The highest BCUT2D eigenvalue weighted by atomic mass is 19.4. The molecule has 0 saturated heterocycles. The van der Waals surface area contributed by atoms with E-state index in [2.05, 4.69) is 33.2 Å². The first kappa shape index (κ1) is 35.9. The first-order chi connectivity index (χ1) is 22.6. The topological polar surface area (TPSA) is 18.5 Å². The van der Waals surface area contributed by atoms with Crippen LogP contribution in [0.5, 0.6) is 5.75 Å². The standard InChI is InChI=1S/C35H23F11O2/c1-2-3-4-5-21-15-28(37)25(29(38)16-21)12-7-20-8-13-26(30(39)14-20)34(42,43)47-24-11-10-23(27(36)19-24)9-6-22-17-31(40)33(32(41)18-22)48-35(44,45)46/h8,11,13-19,23H,2-5,10H2,1H3. The van der Waals surface area contributed by atoms with Gasteiger partial charge in [-0.3, -0.25) is 0 Å². The Hall–Kier alpha value is -4.91. The summed E-state index contributed by atoms with van der Waals surface area (Å²) in [5, 5.41) is 0. The highest BCUT2D eigenvalue weighted by molar-refractivity contribution is 5.46. The van der Waals surface area contributed by atoms with Crippen molar-refractivity contribution in [3.63, 3.8) is 0 Å². The number of unbranched alkanes of at least 4 members (excludes halogenated alkanes) is 2. The smallest absolute Gasteiger partial charge is 0.429 e. The minimum Gasteiger partial charge on any atom is -0.429 e. The molecule has 3 aromatic carbocycles. The van der Waals surface area contributed by atoms with Gasteiger partial charge in [-0.2, -0.15) is 8.78 Å². The Labute approximate surface area is 267 Å². The van der Waals surface area contributed by atoms with Crippen molar-refractivity contribution < 1.29 is 57.8 Å². The number of hydrogen-bond acceptors (Lipinski definition) is 2. The molecule has 1 unspecified atom stereocenters. The third-order valence-electron chi connectivity index (χ3n) is 6.81. The molecule has 0 aliphatic heterocycles. The van der Waals surface area contributed by atoms with Crippen molar-refractivity contribution in [1.82, 2.24) is 0 Å². The molecule has 13 heteroatoms. The molecule has 48 heavy (non-hydrogen) atoms. The largest absolute Gasteiger partial charge is 0.573 e. The number of ether oxygens (including phenoxy) is 2. The summed E-state index contributed by atoms with van der Waals surface area (Å²) in [5.41, 5.74) is -2.00. The molecule has 1 atom stereocenters. The lowest BCUT2D eigenvalue weighted by atomic mass is 9.98. The Balaban J connectivity index is 1.43. The van der Waals surface area contributed by atoms with Gasteiger partial charge in [-0.1, -0.05) is 43.4 Å². The van der Waals surface area contributed by atoms with E-state index >= 15 is 0 Å². The molecule has 0 radical (unpaired) electrons. The van der Waals surface area contributed by atoms with Crippen molar-refractivity contribution in [1.29, 1.82) is 0 Å². The van der Waals surface area contributed by atoms with Gasteiger partial charge in [0.2, 0.25) is 5.75 Å². The molecule has 0 amide bonds. The zero-order chi connectivity index (χ0) is 35.2. The highest BCUT2D eigenvalue weighted by Gasteiger charge is 2.39. The molecule has 0 saturated carbocycles. The van der Waals surface area contributed by atoms with Crippen LogP contribution in [0.25, 0.3) is 0 Å². The molecule has 0 heterocycles. The number of benzene rings is 3. The van der Waals surface area contributed by atoms with E-state index in [4.69, 9.17) is 0 Å². The van der Waals surface area contributed by atoms with Crippen molar-refractivity contribution >= 4 is 0 Å². The van der Waals surface area contributed by atoms with Gasteiger partial charge in [0, 0.05) is 17.2 Å². The minimum absolute atomic E-state index is 0.176. The normalized spacial score (nSPS) is 14.6. The van der Waals surface area contributed by atoms with Crippen molar-refractivity contribution in [3.05, 3.63) is 123 Å².